The average molecular weight is 185 g/mol. The molecule has 0 bridgehead atoms. The second kappa shape index (κ2) is 2.88. The van der Waals surface area contributed by atoms with Gasteiger partial charge in [0, 0.05) is 16.6 Å². The standard InChI is InChI=1S/C13H15N/c1-2-10-8-12-11(9-6-7-9)4-3-5-13(12)14-10/h3-5,8-9,14H,2,6-7H2,1H3. The summed E-state index contributed by atoms with van der Waals surface area (Å²) in [6, 6.07) is 8.96. The van der Waals surface area contributed by atoms with Crippen molar-refractivity contribution in [1.82, 2.24) is 4.98 Å². The maximum Gasteiger partial charge on any atom is 0.0458 e. The summed E-state index contributed by atoms with van der Waals surface area (Å²) in [6.45, 7) is 2.20. The van der Waals surface area contributed by atoms with Crippen LogP contribution in [-0.4, -0.2) is 4.98 Å². The fourth-order valence-electron chi connectivity index (χ4n) is 2.18. The van der Waals surface area contributed by atoms with Crippen molar-refractivity contribution in [3.8, 4) is 0 Å². The molecular formula is C13H15N. The molecule has 0 unspecified atom stereocenters. The van der Waals surface area contributed by atoms with E-state index in [9.17, 15) is 0 Å². The van der Waals surface area contributed by atoms with Gasteiger partial charge < -0.3 is 4.98 Å². The van der Waals surface area contributed by atoms with Crippen molar-refractivity contribution in [2.24, 2.45) is 0 Å². The lowest BCUT2D eigenvalue weighted by molar-refractivity contribution is 1.07. The summed E-state index contributed by atoms with van der Waals surface area (Å²) >= 11 is 0. The van der Waals surface area contributed by atoms with Gasteiger partial charge in [-0.1, -0.05) is 19.1 Å². The number of nitrogens with one attached hydrogen (secondary N) is 1. The molecule has 1 fully saturated rings. The van der Waals surface area contributed by atoms with E-state index in [4.69, 9.17) is 0 Å². The van der Waals surface area contributed by atoms with Gasteiger partial charge in [-0.2, -0.15) is 0 Å². The number of aromatic amines is 1. The van der Waals surface area contributed by atoms with Gasteiger partial charge in [-0.3, -0.25) is 0 Å². The normalized spacial score (nSPS) is 16.4. The molecule has 0 aliphatic heterocycles. The molecule has 1 heterocycles. The van der Waals surface area contributed by atoms with Crippen LogP contribution in [0, 0.1) is 0 Å². The Kier molecular flexibility index (Phi) is 1.66. The van der Waals surface area contributed by atoms with E-state index < -0.39 is 0 Å². The zero-order chi connectivity index (χ0) is 9.54. The van der Waals surface area contributed by atoms with Gasteiger partial charge in [-0.25, -0.2) is 0 Å². The minimum atomic E-state index is 0.846. The van der Waals surface area contributed by atoms with E-state index in [2.05, 4.69) is 36.2 Å². The lowest BCUT2D eigenvalue weighted by atomic mass is 10.1. The quantitative estimate of drug-likeness (QED) is 0.735. The lowest BCUT2D eigenvalue weighted by Crippen LogP contribution is -1.78. The summed E-state index contributed by atoms with van der Waals surface area (Å²) in [4.78, 5) is 3.47. The monoisotopic (exact) mass is 185 g/mol. The van der Waals surface area contributed by atoms with Crippen LogP contribution >= 0.6 is 0 Å². The number of hydrogen-bond donors (Lipinski definition) is 1. The van der Waals surface area contributed by atoms with Gasteiger partial charge >= 0.3 is 0 Å². The van der Waals surface area contributed by atoms with Gasteiger partial charge in [0.1, 0.15) is 0 Å². The van der Waals surface area contributed by atoms with Gasteiger partial charge in [-0.05, 0) is 42.9 Å². The zero-order valence-corrected chi connectivity index (χ0v) is 8.51. The largest absolute Gasteiger partial charge is 0.358 e. The Morgan fingerprint density at radius 3 is 2.93 bits per heavy atom. The summed E-state index contributed by atoms with van der Waals surface area (Å²) in [6.07, 6.45) is 3.86. The van der Waals surface area contributed by atoms with Crippen LogP contribution in [0.4, 0.5) is 0 Å². The molecule has 1 aliphatic rings. The van der Waals surface area contributed by atoms with Crippen molar-refractivity contribution in [2.45, 2.75) is 32.1 Å². The Morgan fingerprint density at radius 1 is 1.36 bits per heavy atom. The lowest BCUT2D eigenvalue weighted by Gasteiger charge is -1.98. The highest BCUT2D eigenvalue weighted by Crippen LogP contribution is 2.43. The number of aryl methyl sites for hydroxylation is 1. The van der Waals surface area contributed by atoms with Crippen molar-refractivity contribution < 1.29 is 0 Å². The third-order valence-electron chi connectivity index (χ3n) is 3.15. The summed E-state index contributed by atoms with van der Waals surface area (Å²) in [5.41, 5.74) is 4.22. The Hall–Kier alpha value is -1.24. The van der Waals surface area contributed by atoms with E-state index in [1.165, 1.54) is 29.4 Å². The average Bonchev–Trinajstić information content (AvgIpc) is 2.96. The van der Waals surface area contributed by atoms with E-state index in [0.717, 1.165) is 12.3 Å². The number of fused-ring (bicyclic) bond motifs is 1. The summed E-state index contributed by atoms with van der Waals surface area (Å²) in [5.74, 6) is 0.846. The van der Waals surface area contributed by atoms with Gasteiger partial charge in [0.25, 0.3) is 0 Å². The highest BCUT2D eigenvalue weighted by molar-refractivity contribution is 5.84. The molecule has 14 heavy (non-hydrogen) atoms. The summed E-state index contributed by atoms with van der Waals surface area (Å²) < 4.78 is 0. The number of rotatable bonds is 2. The van der Waals surface area contributed by atoms with E-state index in [1.807, 2.05) is 0 Å². The molecule has 3 rings (SSSR count). The molecule has 1 aliphatic carbocycles. The first-order chi connectivity index (χ1) is 6.88. The molecule has 0 radical (unpaired) electrons. The molecule has 0 atom stereocenters. The number of aromatic nitrogens is 1. The predicted molar refractivity (Wildman–Crippen MR) is 59.7 cm³/mol. The van der Waals surface area contributed by atoms with E-state index >= 15 is 0 Å². The topological polar surface area (TPSA) is 15.8 Å². The minimum Gasteiger partial charge on any atom is -0.358 e. The SMILES string of the molecule is CCc1cc2c(C3CC3)cccc2[nH]1. The molecule has 1 N–H and O–H groups in total. The third-order valence-corrected chi connectivity index (χ3v) is 3.15. The maximum absolute atomic E-state index is 3.47. The summed E-state index contributed by atoms with van der Waals surface area (Å²) in [5, 5.41) is 1.45. The second-order valence-corrected chi connectivity index (χ2v) is 4.23. The fourth-order valence-corrected chi connectivity index (χ4v) is 2.18. The van der Waals surface area contributed by atoms with Crippen LogP contribution in [-0.2, 0) is 6.42 Å². The van der Waals surface area contributed by atoms with Gasteiger partial charge in [0.2, 0.25) is 0 Å². The van der Waals surface area contributed by atoms with Crippen molar-refractivity contribution in [1.29, 1.82) is 0 Å². The Labute approximate surface area is 84.1 Å². The van der Waals surface area contributed by atoms with Crippen molar-refractivity contribution in [3.05, 3.63) is 35.5 Å². The molecule has 1 aromatic heterocycles. The first-order valence-corrected chi connectivity index (χ1v) is 5.49. The first kappa shape index (κ1) is 8.10. The van der Waals surface area contributed by atoms with E-state index in [1.54, 1.807) is 5.56 Å². The first-order valence-electron chi connectivity index (χ1n) is 5.49. The van der Waals surface area contributed by atoms with Gasteiger partial charge in [0.15, 0.2) is 0 Å². The number of hydrogen-bond acceptors (Lipinski definition) is 0. The van der Waals surface area contributed by atoms with Gasteiger partial charge in [-0.15, -0.1) is 0 Å². The molecule has 1 heteroatoms. The highest BCUT2D eigenvalue weighted by atomic mass is 14.7. The number of benzene rings is 1. The van der Waals surface area contributed by atoms with Crippen LogP contribution in [0.3, 0.4) is 0 Å². The van der Waals surface area contributed by atoms with Crippen LogP contribution in [0.2, 0.25) is 0 Å². The molecule has 0 spiro atoms. The minimum absolute atomic E-state index is 0.846. The second-order valence-electron chi connectivity index (χ2n) is 4.23. The zero-order valence-electron chi connectivity index (χ0n) is 8.51. The Bertz CT molecular complexity index is 463. The molecular weight excluding hydrogens is 170 g/mol. The molecule has 0 amide bonds. The number of H-pyrrole nitrogens is 1. The van der Waals surface area contributed by atoms with Crippen molar-refractivity contribution in [3.63, 3.8) is 0 Å². The van der Waals surface area contributed by atoms with Crippen LogP contribution in [0.25, 0.3) is 10.9 Å². The maximum atomic E-state index is 3.47. The smallest absolute Gasteiger partial charge is 0.0458 e. The van der Waals surface area contributed by atoms with Crippen LogP contribution in [0.5, 0.6) is 0 Å². The van der Waals surface area contributed by atoms with Gasteiger partial charge in [0.05, 0.1) is 0 Å². The summed E-state index contributed by atoms with van der Waals surface area (Å²) in [7, 11) is 0. The van der Waals surface area contributed by atoms with Crippen LogP contribution < -0.4 is 0 Å². The van der Waals surface area contributed by atoms with Crippen LogP contribution in [0.1, 0.15) is 36.9 Å². The predicted octanol–water partition coefficient (Wildman–Crippen LogP) is 3.61. The molecule has 1 saturated carbocycles. The van der Waals surface area contributed by atoms with E-state index in [-0.39, 0.29) is 0 Å². The van der Waals surface area contributed by atoms with Crippen LogP contribution in [0.15, 0.2) is 24.3 Å². The molecule has 72 valence electrons. The highest BCUT2D eigenvalue weighted by Gasteiger charge is 2.25. The fraction of sp³-hybridized carbons (Fsp3) is 0.385. The van der Waals surface area contributed by atoms with Crippen molar-refractivity contribution in [2.75, 3.05) is 0 Å². The third kappa shape index (κ3) is 1.16. The molecule has 1 aromatic carbocycles. The Balaban J connectivity index is 2.23. The van der Waals surface area contributed by atoms with E-state index in [0.29, 0.717) is 0 Å². The molecule has 0 saturated heterocycles. The molecule has 1 nitrogen and oxygen atoms in total. The Morgan fingerprint density at radius 2 is 2.21 bits per heavy atom. The molecule has 2 aromatic rings. The van der Waals surface area contributed by atoms with Crippen molar-refractivity contribution >= 4 is 10.9 Å².